The molecular formula is C11H8F2N2O. The summed E-state index contributed by atoms with van der Waals surface area (Å²) >= 11 is 0. The number of nitrogens with two attached hydrogens (primary N) is 1. The fourth-order valence-corrected chi connectivity index (χ4v) is 1.17. The van der Waals surface area contributed by atoms with E-state index in [9.17, 15) is 8.78 Å². The Hall–Kier alpha value is -2.17. The van der Waals surface area contributed by atoms with Crippen molar-refractivity contribution in [3.05, 3.63) is 48.3 Å². The summed E-state index contributed by atoms with van der Waals surface area (Å²) in [6, 6.07) is 8.46. The lowest BCUT2D eigenvalue weighted by molar-refractivity contribution is 0.452. The maximum Gasteiger partial charge on any atom is 0.219 e. The topological polar surface area (TPSA) is 48.1 Å². The first-order valence-corrected chi connectivity index (χ1v) is 4.50. The number of pyridine rings is 1. The summed E-state index contributed by atoms with van der Waals surface area (Å²) in [7, 11) is 0. The number of hydrogen-bond donors (Lipinski definition) is 1. The number of nitrogen functional groups attached to an aromatic ring is 1. The van der Waals surface area contributed by atoms with Crippen molar-refractivity contribution in [3.8, 4) is 11.5 Å². The molecule has 0 amide bonds. The summed E-state index contributed by atoms with van der Waals surface area (Å²) in [6.07, 6.45) is 0. The van der Waals surface area contributed by atoms with E-state index in [0.29, 0.717) is 11.4 Å². The molecular weight excluding hydrogens is 214 g/mol. The van der Waals surface area contributed by atoms with Crippen LogP contribution in [0, 0.1) is 11.9 Å². The van der Waals surface area contributed by atoms with E-state index >= 15 is 0 Å². The second-order valence-electron chi connectivity index (χ2n) is 3.12. The van der Waals surface area contributed by atoms with Crippen molar-refractivity contribution in [3.63, 3.8) is 0 Å². The van der Waals surface area contributed by atoms with Crippen LogP contribution < -0.4 is 10.5 Å². The molecule has 16 heavy (non-hydrogen) atoms. The van der Waals surface area contributed by atoms with Crippen molar-refractivity contribution >= 4 is 5.69 Å². The molecule has 0 atom stereocenters. The van der Waals surface area contributed by atoms with Gasteiger partial charge in [-0.25, -0.2) is 0 Å². The van der Waals surface area contributed by atoms with E-state index in [0.717, 1.165) is 12.1 Å². The van der Waals surface area contributed by atoms with E-state index in [-0.39, 0.29) is 5.75 Å². The molecule has 0 saturated carbocycles. The fourth-order valence-electron chi connectivity index (χ4n) is 1.17. The van der Waals surface area contributed by atoms with Gasteiger partial charge in [0.15, 0.2) is 0 Å². The van der Waals surface area contributed by atoms with E-state index in [4.69, 9.17) is 10.5 Å². The average Bonchev–Trinajstić information content (AvgIpc) is 2.20. The predicted octanol–water partition coefficient (Wildman–Crippen LogP) is 2.73. The fraction of sp³-hybridized carbons (Fsp3) is 0. The summed E-state index contributed by atoms with van der Waals surface area (Å²) in [4.78, 5) is 2.96. The SMILES string of the molecule is Nc1ccc(Oc2cc(F)nc(F)c2)cc1. The number of hydrogen-bond acceptors (Lipinski definition) is 3. The lowest BCUT2D eigenvalue weighted by Crippen LogP contribution is -1.92. The molecule has 2 aromatic rings. The van der Waals surface area contributed by atoms with Gasteiger partial charge in [0.2, 0.25) is 11.9 Å². The smallest absolute Gasteiger partial charge is 0.219 e. The van der Waals surface area contributed by atoms with Crippen molar-refractivity contribution in [1.82, 2.24) is 4.98 Å². The molecule has 0 spiro atoms. The van der Waals surface area contributed by atoms with Gasteiger partial charge in [0, 0.05) is 17.8 Å². The molecule has 2 N–H and O–H groups in total. The number of aromatic nitrogens is 1. The molecule has 0 unspecified atom stereocenters. The molecule has 5 heteroatoms. The normalized spacial score (nSPS) is 10.1. The van der Waals surface area contributed by atoms with E-state index in [1.807, 2.05) is 0 Å². The standard InChI is InChI=1S/C11H8F2N2O/c12-10-5-9(6-11(13)15-10)16-8-3-1-7(14)2-4-8/h1-6H,14H2. The Balaban J connectivity index is 2.23. The zero-order chi connectivity index (χ0) is 11.5. The third kappa shape index (κ3) is 2.44. The number of rotatable bonds is 2. The summed E-state index contributed by atoms with van der Waals surface area (Å²) in [5.74, 6) is -1.36. The van der Waals surface area contributed by atoms with Gasteiger partial charge in [0.1, 0.15) is 11.5 Å². The van der Waals surface area contributed by atoms with Gasteiger partial charge < -0.3 is 10.5 Å². The van der Waals surface area contributed by atoms with Crippen LogP contribution in [0.25, 0.3) is 0 Å². The van der Waals surface area contributed by atoms with Crippen LogP contribution >= 0.6 is 0 Å². The minimum absolute atomic E-state index is 0.0507. The zero-order valence-corrected chi connectivity index (χ0v) is 8.15. The number of nitrogens with zero attached hydrogens (tertiary/aromatic N) is 1. The van der Waals surface area contributed by atoms with Crippen LogP contribution in [0.5, 0.6) is 11.5 Å². The summed E-state index contributed by atoms with van der Waals surface area (Å²) in [5.41, 5.74) is 6.07. The van der Waals surface area contributed by atoms with Crippen molar-refractivity contribution in [2.24, 2.45) is 0 Å². The Kier molecular flexibility index (Phi) is 2.68. The van der Waals surface area contributed by atoms with Crippen LogP contribution in [0.3, 0.4) is 0 Å². The van der Waals surface area contributed by atoms with Crippen molar-refractivity contribution in [1.29, 1.82) is 0 Å². The Bertz CT molecular complexity index is 480. The van der Waals surface area contributed by atoms with Crippen molar-refractivity contribution in [2.45, 2.75) is 0 Å². The highest BCUT2D eigenvalue weighted by molar-refractivity contribution is 5.42. The molecule has 0 aliphatic rings. The Morgan fingerprint density at radius 2 is 1.50 bits per heavy atom. The van der Waals surface area contributed by atoms with Crippen LogP contribution in [-0.2, 0) is 0 Å². The molecule has 0 aliphatic carbocycles. The van der Waals surface area contributed by atoms with E-state index in [1.54, 1.807) is 24.3 Å². The van der Waals surface area contributed by atoms with Gasteiger partial charge in [-0.1, -0.05) is 0 Å². The van der Waals surface area contributed by atoms with Crippen LogP contribution in [-0.4, -0.2) is 4.98 Å². The highest BCUT2D eigenvalue weighted by atomic mass is 19.1. The number of benzene rings is 1. The van der Waals surface area contributed by atoms with E-state index < -0.39 is 11.9 Å². The highest BCUT2D eigenvalue weighted by Crippen LogP contribution is 2.22. The number of ether oxygens (including phenoxy) is 1. The Labute approximate surface area is 90.5 Å². The Morgan fingerprint density at radius 3 is 2.06 bits per heavy atom. The van der Waals surface area contributed by atoms with Gasteiger partial charge in [-0.2, -0.15) is 13.8 Å². The monoisotopic (exact) mass is 222 g/mol. The molecule has 1 heterocycles. The lowest BCUT2D eigenvalue weighted by Gasteiger charge is -2.05. The first kappa shape index (κ1) is 10.4. The van der Waals surface area contributed by atoms with Crippen LogP contribution in [0.1, 0.15) is 0 Å². The minimum Gasteiger partial charge on any atom is -0.457 e. The summed E-state index contributed by atoms with van der Waals surface area (Å²) in [6.45, 7) is 0. The predicted molar refractivity (Wildman–Crippen MR) is 55.1 cm³/mol. The molecule has 1 aromatic carbocycles. The first-order valence-electron chi connectivity index (χ1n) is 4.50. The van der Waals surface area contributed by atoms with Gasteiger partial charge in [-0.15, -0.1) is 0 Å². The molecule has 3 nitrogen and oxygen atoms in total. The molecule has 1 aromatic heterocycles. The number of anilines is 1. The quantitative estimate of drug-likeness (QED) is 0.627. The van der Waals surface area contributed by atoms with Crippen molar-refractivity contribution in [2.75, 3.05) is 5.73 Å². The minimum atomic E-state index is -0.926. The van der Waals surface area contributed by atoms with Gasteiger partial charge in [0.25, 0.3) is 0 Å². The molecule has 82 valence electrons. The van der Waals surface area contributed by atoms with Crippen molar-refractivity contribution < 1.29 is 13.5 Å². The summed E-state index contributed by atoms with van der Waals surface area (Å²) in [5, 5.41) is 0. The molecule has 2 rings (SSSR count). The average molecular weight is 222 g/mol. The summed E-state index contributed by atoms with van der Waals surface area (Å²) < 4.78 is 30.7. The van der Waals surface area contributed by atoms with E-state index in [2.05, 4.69) is 4.98 Å². The van der Waals surface area contributed by atoms with Gasteiger partial charge in [0.05, 0.1) is 0 Å². The maximum absolute atomic E-state index is 12.7. The molecule has 0 bridgehead atoms. The molecule has 0 fully saturated rings. The van der Waals surface area contributed by atoms with Crippen LogP contribution in [0.15, 0.2) is 36.4 Å². The third-order valence-electron chi connectivity index (χ3n) is 1.85. The first-order chi connectivity index (χ1) is 7.63. The zero-order valence-electron chi connectivity index (χ0n) is 8.15. The van der Waals surface area contributed by atoms with Gasteiger partial charge >= 0.3 is 0 Å². The van der Waals surface area contributed by atoms with Crippen LogP contribution in [0.4, 0.5) is 14.5 Å². The molecule has 0 radical (unpaired) electrons. The second kappa shape index (κ2) is 4.14. The molecule has 0 aliphatic heterocycles. The van der Waals surface area contributed by atoms with Crippen LogP contribution in [0.2, 0.25) is 0 Å². The van der Waals surface area contributed by atoms with Gasteiger partial charge in [-0.3, -0.25) is 0 Å². The second-order valence-corrected chi connectivity index (χ2v) is 3.12. The number of halogens is 2. The highest BCUT2D eigenvalue weighted by Gasteiger charge is 2.03. The maximum atomic E-state index is 12.7. The largest absolute Gasteiger partial charge is 0.457 e. The molecule has 0 saturated heterocycles. The van der Waals surface area contributed by atoms with Gasteiger partial charge in [-0.05, 0) is 24.3 Å². The lowest BCUT2D eigenvalue weighted by atomic mass is 10.3. The third-order valence-corrected chi connectivity index (χ3v) is 1.85. The Morgan fingerprint density at radius 1 is 0.938 bits per heavy atom. The van der Waals surface area contributed by atoms with E-state index in [1.165, 1.54) is 0 Å².